The molecule has 2 aromatic rings. The van der Waals surface area contributed by atoms with Gasteiger partial charge in [-0.2, -0.15) is 0 Å². The van der Waals surface area contributed by atoms with Crippen molar-refractivity contribution in [2.75, 3.05) is 0 Å². The summed E-state index contributed by atoms with van der Waals surface area (Å²) in [6.45, 7) is 1.88. The minimum absolute atomic E-state index is 0.0440. The molecular weight excluding hydrogens is 228 g/mol. The van der Waals surface area contributed by atoms with Gasteiger partial charge in [0.05, 0.1) is 0 Å². The Morgan fingerprint density at radius 1 is 1.17 bits per heavy atom. The number of rotatable bonds is 1. The van der Waals surface area contributed by atoms with Crippen molar-refractivity contribution < 1.29 is 0 Å². The molecule has 18 heavy (non-hydrogen) atoms. The van der Waals surface area contributed by atoms with E-state index in [0.29, 0.717) is 11.2 Å². The maximum absolute atomic E-state index is 12.5. The number of aryl methyl sites for hydroxylation is 1. The van der Waals surface area contributed by atoms with Crippen molar-refractivity contribution in [1.29, 1.82) is 0 Å². The maximum Gasteiger partial charge on any atom is 0.281 e. The molecule has 1 aliphatic carbocycles. The van der Waals surface area contributed by atoms with Crippen molar-refractivity contribution in [3.05, 3.63) is 28.6 Å². The van der Waals surface area contributed by atoms with E-state index in [-0.39, 0.29) is 11.6 Å². The van der Waals surface area contributed by atoms with Gasteiger partial charge in [-0.25, -0.2) is 15.0 Å². The van der Waals surface area contributed by atoms with Gasteiger partial charge in [0.2, 0.25) is 0 Å². The number of nitrogens with zero attached hydrogens (tertiary/aromatic N) is 4. The van der Waals surface area contributed by atoms with Crippen LogP contribution >= 0.6 is 0 Å². The Morgan fingerprint density at radius 2 is 1.89 bits per heavy atom. The molecule has 0 amide bonds. The summed E-state index contributed by atoms with van der Waals surface area (Å²) in [6, 6.07) is 0.283. The zero-order valence-electron chi connectivity index (χ0n) is 10.5. The fourth-order valence-corrected chi connectivity index (χ4v) is 2.80. The van der Waals surface area contributed by atoms with E-state index in [4.69, 9.17) is 0 Å². The van der Waals surface area contributed by atoms with Gasteiger partial charge in [0.1, 0.15) is 5.82 Å². The highest BCUT2D eigenvalue weighted by Gasteiger charge is 2.20. The summed E-state index contributed by atoms with van der Waals surface area (Å²) in [4.78, 5) is 25.1. The Balaban J connectivity index is 2.19. The summed E-state index contributed by atoms with van der Waals surface area (Å²) >= 11 is 0. The number of hydrogen-bond donors (Lipinski definition) is 0. The van der Waals surface area contributed by atoms with Gasteiger partial charge in [-0.3, -0.25) is 9.36 Å². The number of aromatic nitrogens is 4. The molecule has 1 aliphatic rings. The summed E-state index contributed by atoms with van der Waals surface area (Å²) in [5.74, 6) is 0.750. The zero-order chi connectivity index (χ0) is 12.5. The van der Waals surface area contributed by atoms with Crippen molar-refractivity contribution in [2.24, 2.45) is 0 Å². The van der Waals surface area contributed by atoms with E-state index in [9.17, 15) is 4.79 Å². The van der Waals surface area contributed by atoms with Crippen LogP contribution in [0.4, 0.5) is 0 Å². The Morgan fingerprint density at radius 3 is 2.67 bits per heavy atom. The molecule has 0 spiro atoms. The van der Waals surface area contributed by atoms with Crippen LogP contribution in [0, 0.1) is 6.92 Å². The van der Waals surface area contributed by atoms with Gasteiger partial charge in [0.15, 0.2) is 11.2 Å². The largest absolute Gasteiger partial charge is 0.292 e. The Bertz CT molecular complexity index is 628. The Kier molecular flexibility index (Phi) is 2.81. The molecule has 0 aromatic carbocycles. The van der Waals surface area contributed by atoms with E-state index in [0.717, 1.165) is 18.7 Å². The van der Waals surface area contributed by atoms with Crippen LogP contribution in [0.2, 0.25) is 0 Å². The topological polar surface area (TPSA) is 60.7 Å². The van der Waals surface area contributed by atoms with Gasteiger partial charge < -0.3 is 0 Å². The molecule has 0 N–H and O–H groups in total. The van der Waals surface area contributed by atoms with Crippen molar-refractivity contribution in [3.63, 3.8) is 0 Å². The third-order valence-corrected chi connectivity index (χ3v) is 3.66. The molecule has 2 aromatic heterocycles. The second-order valence-electron chi connectivity index (χ2n) is 4.85. The van der Waals surface area contributed by atoms with Gasteiger partial charge in [-0.05, 0) is 19.8 Å². The molecule has 3 rings (SSSR count). The predicted molar refractivity (Wildman–Crippen MR) is 68.5 cm³/mol. The van der Waals surface area contributed by atoms with Gasteiger partial charge in [0, 0.05) is 18.4 Å². The first kappa shape index (κ1) is 11.3. The number of fused-ring (bicyclic) bond motifs is 1. The summed E-state index contributed by atoms with van der Waals surface area (Å²) in [7, 11) is 0. The summed E-state index contributed by atoms with van der Waals surface area (Å²) < 4.78 is 1.82. The van der Waals surface area contributed by atoms with E-state index in [1.165, 1.54) is 19.3 Å². The molecule has 0 bridgehead atoms. The van der Waals surface area contributed by atoms with Crippen molar-refractivity contribution >= 4 is 11.2 Å². The predicted octanol–water partition coefficient (Wildman–Crippen LogP) is 2.00. The highest BCUT2D eigenvalue weighted by Crippen LogP contribution is 2.27. The molecule has 0 saturated heterocycles. The normalized spacial score (nSPS) is 17.2. The third-order valence-electron chi connectivity index (χ3n) is 3.66. The third kappa shape index (κ3) is 1.79. The van der Waals surface area contributed by atoms with Crippen LogP contribution < -0.4 is 5.56 Å². The maximum atomic E-state index is 12.5. The van der Waals surface area contributed by atoms with Crippen LogP contribution in [-0.4, -0.2) is 19.5 Å². The number of hydrogen-bond acceptors (Lipinski definition) is 4. The highest BCUT2D eigenvalue weighted by molar-refractivity contribution is 5.67. The highest BCUT2D eigenvalue weighted by atomic mass is 16.1. The average molecular weight is 244 g/mol. The lowest BCUT2D eigenvalue weighted by Crippen LogP contribution is -2.30. The van der Waals surface area contributed by atoms with E-state index >= 15 is 0 Å². The van der Waals surface area contributed by atoms with E-state index in [1.807, 2.05) is 11.5 Å². The molecule has 0 aliphatic heterocycles. The smallest absolute Gasteiger partial charge is 0.281 e. The van der Waals surface area contributed by atoms with Crippen molar-refractivity contribution in [2.45, 2.75) is 45.1 Å². The summed E-state index contributed by atoms with van der Waals surface area (Å²) in [5, 5.41) is 0. The van der Waals surface area contributed by atoms with Gasteiger partial charge >= 0.3 is 0 Å². The lowest BCUT2D eigenvalue weighted by atomic mass is 9.95. The molecule has 5 nitrogen and oxygen atoms in total. The second-order valence-corrected chi connectivity index (χ2v) is 4.85. The molecular formula is C13H16N4O. The Hall–Kier alpha value is -1.78. The van der Waals surface area contributed by atoms with Crippen molar-refractivity contribution in [3.8, 4) is 0 Å². The first-order valence-electron chi connectivity index (χ1n) is 6.47. The van der Waals surface area contributed by atoms with Crippen LogP contribution in [0.1, 0.15) is 44.0 Å². The molecule has 0 unspecified atom stereocenters. The van der Waals surface area contributed by atoms with E-state index in [1.54, 1.807) is 12.4 Å². The monoisotopic (exact) mass is 244 g/mol. The quantitative estimate of drug-likeness (QED) is 0.769. The van der Waals surface area contributed by atoms with Crippen LogP contribution in [-0.2, 0) is 0 Å². The van der Waals surface area contributed by atoms with E-state index in [2.05, 4.69) is 15.0 Å². The lowest BCUT2D eigenvalue weighted by molar-refractivity contribution is 0.339. The first-order chi connectivity index (χ1) is 8.77. The molecule has 2 heterocycles. The molecule has 0 atom stereocenters. The minimum Gasteiger partial charge on any atom is -0.292 e. The van der Waals surface area contributed by atoms with Gasteiger partial charge in [0.25, 0.3) is 5.56 Å². The first-order valence-corrected chi connectivity index (χ1v) is 6.47. The molecule has 5 heteroatoms. The zero-order valence-corrected chi connectivity index (χ0v) is 10.5. The fourth-order valence-electron chi connectivity index (χ4n) is 2.80. The van der Waals surface area contributed by atoms with Gasteiger partial charge in [-0.1, -0.05) is 19.3 Å². The molecule has 1 saturated carbocycles. The van der Waals surface area contributed by atoms with Gasteiger partial charge in [-0.15, -0.1) is 0 Å². The minimum atomic E-state index is -0.0440. The van der Waals surface area contributed by atoms with E-state index < -0.39 is 0 Å². The Labute approximate surface area is 105 Å². The fraction of sp³-hybridized carbons (Fsp3) is 0.538. The lowest BCUT2D eigenvalue weighted by Gasteiger charge is -2.25. The van der Waals surface area contributed by atoms with Crippen LogP contribution in [0.3, 0.4) is 0 Å². The molecule has 0 radical (unpaired) electrons. The summed E-state index contributed by atoms with van der Waals surface area (Å²) in [6.07, 6.45) is 8.89. The second kappa shape index (κ2) is 4.48. The molecule has 94 valence electrons. The SMILES string of the molecule is Cc1nc2nccnc2c(=O)n1C1CCCCC1. The average Bonchev–Trinajstić information content (AvgIpc) is 2.40. The van der Waals surface area contributed by atoms with Crippen LogP contribution in [0.15, 0.2) is 17.2 Å². The van der Waals surface area contributed by atoms with Crippen molar-refractivity contribution in [1.82, 2.24) is 19.5 Å². The van der Waals surface area contributed by atoms with Crippen LogP contribution in [0.5, 0.6) is 0 Å². The molecule has 1 fully saturated rings. The van der Waals surface area contributed by atoms with Crippen LogP contribution in [0.25, 0.3) is 11.2 Å². The summed E-state index contributed by atoms with van der Waals surface area (Å²) in [5.41, 5.74) is 0.790. The standard InChI is InChI=1S/C13H16N4O/c1-9-16-12-11(14-7-8-15-12)13(18)17(9)10-5-3-2-4-6-10/h7-8,10H,2-6H2,1H3.